The fraction of sp³-hybridized carbons (Fsp3) is 0.125. The number of benzene rings is 1. The molecule has 1 N–H and O–H groups in total. The largest absolute Gasteiger partial charge is 0.454 e. The summed E-state index contributed by atoms with van der Waals surface area (Å²) in [6.07, 6.45) is 0. The minimum Gasteiger partial charge on any atom is -0.454 e. The van der Waals surface area contributed by atoms with Crippen LogP contribution in [-0.2, 0) is 0 Å². The molecule has 0 fully saturated rings. The van der Waals surface area contributed by atoms with Gasteiger partial charge in [0.25, 0.3) is 0 Å². The van der Waals surface area contributed by atoms with E-state index in [4.69, 9.17) is 26.3 Å². The molecule has 1 heterocycles. The third-order valence-corrected chi connectivity index (χ3v) is 1.99. The summed E-state index contributed by atoms with van der Waals surface area (Å²) in [5.74, 6) is 1.28. The highest BCUT2D eigenvalue weighted by Gasteiger charge is 2.14. The second-order valence-corrected chi connectivity index (χ2v) is 2.82. The van der Waals surface area contributed by atoms with Gasteiger partial charge >= 0.3 is 0 Å². The van der Waals surface area contributed by atoms with Gasteiger partial charge < -0.3 is 14.7 Å². The number of oxime groups is 1. The molecule has 0 bridgehead atoms. The fourth-order valence-corrected chi connectivity index (χ4v) is 1.20. The second kappa shape index (κ2) is 3.14. The maximum atomic E-state index is 8.42. The zero-order valence-electron chi connectivity index (χ0n) is 6.53. The number of halogens is 1. The molecule has 1 aromatic rings. The van der Waals surface area contributed by atoms with Crippen LogP contribution in [0.5, 0.6) is 11.5 Å². The van der Waals surface area contributed by atoms with Crippen molar-refractivity contribution in [3.05, 3.63) is 23.8 Å². The van der Waals surface area contributed by atoms with Gasteiger partial charge in [0.1, 0.15) is 0 Å². The van der Waals surface area contributed by atoms with Crippen LogP contribution in [-0.4, -0.2) is 17.2 Å². The van der Waals surface area contributed by atoms with E-state index < -0.39 is 0 Å². The number of rotatable bonds is 1. The van der Waals surface area contributed by atoms with Gasteiger partial charge in [0, 0.05) is 5.56 Å². The zero-order chi connectivity index (χ0) is 9.26. The Balaban J connectivity index is 2.41. The Morgan fingerprint density at radius 3 is 2.92 bits per heavy atom. The first-order chi connectivity index (χ1) is 6.31. The van der Waals surface area contributed by atoms with Crippen molar-refractivity contribution < 1.29 is 14.7 Å². The van der Waals surface area contributed by atoms with Gasteiger partial charge in [0.05, 0.1) is 0 Å². The molecule has 1 aromatic carbocycles. The van der Waals surface area contributed by atoms with E-state index >= 15 is 0 Å². The monoisotopic (exact) mass is 199 g/mol. The van der Waals surface area contributed by atoms with E-state index in [1.54, 1.807) is 18.2 Å². The first-order valence-corrected chi connectivity index (χ1v) is 3.96. The van der Waals surface area contributed by atoms with Gasteiger partial charge in [0.2, 0.25) is 6.79 Å². The van der Waals surface area contributed by atoms with E-state index in [9.17, 15) is 0 Å². The van der Waals surface area contributed by atoms with Crippen molar-refractivity contribution in [2.75, 3.05) is 6.79 Å². The average Bonchev–Trinajstić information content (AvgIpc) is 2.63. The number of hydrogen-bond donors (Lipinski definition) is 1. The molecular weight excluding hydrogens is 194 g/mol. The molecule has 0 radical (unpaired) electrons. The SMILES string of the molecule is O/N=C(/Cl)c1ccc2c(c1)OCO2. The molecule has 5 heteroatoms. The van der Waals surface area contributed by atoms with Crippen molar-refractivity contribution in [1.29, 1.82) is 0 Å². The summed E-state index contributed by atoms with van der Waals surface area (Å²) in [4.78, 5) is 0. The van der Waals surface area contributed by atoms with Gasteiger partial charge in [-0.1, -0.05) is 16.8 Å². The number of fused-ring (bicyclic) bond motifs is 1. The van der Waals surface area contributed by atoms with E-state index in [1.807, 2.05) is 0 Å². The van der Waals surface area contributed by atoms with E-state index in [2.05, 4.69) is 5.16 Å². The van der Waals surface area contributed by atoms with Gasteiger partial charge in [-0.2, -0.15) is 0 Å². The quantitative estimate of drug-likeness (QED) is 0.426. The van der Waals surface area contributed by atoms with Crippen molar-refractivity contribution in [2.24, 2.45) is 5.16 Å². The highest BCUT2D eigenvalue weighted by molar-refractivity contribution is 6.69. The van der Waals surface area contributed by atoms with Crippen molar-refractivity contribution >= 4 is 16.8 Å². The number of nitrogens with zero attached hydrogens (tertiary/aromatic N) is 1. The number of ether oxygens (including phenoxy) is 2. The summed E-state index contributed by atoms with van der Waals surface area (Å²) in [6, 6.07) is 5.06. The summed E-state index contributed by atoms with van der Waals surface area (Å²) >= 11 is 5.60. The Bertz CT molecular complexity index is 364. The van der Waals surface area contributed by atoms with E-state index in [1.165, 1.54) is 0 Å². The predicted molar refractivity (Wildman–Crippen MR) is 46.7 cm³/mol. The molecule has 0 spiro atoms. The molecule has 2 rings (SSSR count). The van der Waals surface area contributed by atoms with E-state index in [-0.39, 0.29) is 12.0 Å². The van der Waals surface area contributed by atoms with Crippen molar-refractivity contribution in [3.8, 4) is 11.5 Å². The van der Waals surface area contributed by atoms with Crippen molar-refractivity contribution in [2.45, 2.75) is 0 Å². The molecule has 0 amide bonds. The number of hydrogen-bond acceptors (Lipinski definition) is 4. The molecular formula is C8H6ClNO3. The summed E-state index contributed by atoms with van der Waals surface area (Å²) in [7, 11) is 0. The fourth-order valence-electron chi connectivity index (χ4n) is 1.08. The van der Waals surface area contributed by atoms with Crippen LogP contribution in [0.4, 0.5) is 0 Å². The highest BCUT2D eigenvalue weighted by atomic mass is 35.5. The topological polar surface area (TPSA) is 51.1 Å². The lowest BCUT2D eigenvalue weighted by atomic mass is 10.2. The minimum absolute atomic E-state index is 0.0262. The van der Waals surface area contributed by atoms with Gasteiger partial charge in [-0.05, 0) is 18.2 Å². The standard InChI is InChI=1S/C8H6ClNO3/c9-8(10-11)5-1-2-6-7(3-5)13-4-12-6/h1-3,11H,4H2/b10-8+. The van der Waals surface area contributed by atoms with E-state index in [0.29, 0.717) is 17.1 Å². The molecule has 0 saturated heterocycles. The molecule has 0 saturated carbocycles. The Hall–Kier alpha value is -1.42. The first kappa shape index (κ1) is 8.19. The van der Waals surface area contributed by atoms with Crippen molar-refractivity contribution in [1.82, 2.24) is 0 Å². The third kappa shape index (κ3) is 1.40. The summed E-state index contributed by atoms with van der Waals surface area (Å²) in [5.41, 5.74) is 0.591. The summed E-state index contributed by atoms with van der Waals surface area (Å²) in [5, 5.41) is 11.3. The predicted octanol–water partition coefficient (Wildman–Crippen LogP) is 1.79. The normalized spacial score (nSPS) is 14.7. The van der Waals surface area contributed by atoms with Crippen LogP contribution >= 0.6 is 11.6 Å². The molecule has 4 nitrogen and oxygen atoms in total. The van der Waals surface area contributed by atoms with E-state index in [0.717, 1.165) is 0 Å². The maximum absolute atomic E-state index is 8.42. The second-order valence-electron chi connectivity index (χ2n) is 2.46. The Kier molecular flexibility index (Phi) is 1.98. The van der Waals surface area contributed by atoms with Gasteiger partial charge in [-0.3, -0.25) is 0 Å². The molecule has 13 heavy (non-hydrogen) atoms. The molecule has 0 aromatic heterocycles. The molecule has 1 aliphatic heterocycles. The molecule has 1 aliphatic rings. The first-order valence-electron chi connectivity index (χ1n) is 3.59. The Morgan fingerprint density at radius 2 is 2.15 bits per heavy atom. The van der Waals surface area contributed by atoms with Crippen LogP contribution in [0.1, 0.15) is 5.56 Å². The Labute approximate surface area is 79.3 Å². The van der Waals surface area contributed by atoms with Crippen LogP contribution in [0.25, 0.3) is 0 Å². The van der Waals surface area contributed by atoms with Gasteiger partial charge in [0.15, 0.2) is 16.7 Å². The molecule has 0 unspecified atom stereocenters. The van der Waals surface area contributed by atoms with Crippen molar-refractivity contribution in [3.63, 3.8) is 0 Å². The third-order valence-electron chi connectivity index (χ3n) is 1.70. The Morgan fingerprint density at radius 1 is 1.38 bits per heavy atom. The molecule has 0 aliphatic carbocycles. The van der Waals surface area contributed by atoms with Crippen LogP contribution < -0.4 is 9.47 Å². The summed E-state index contributed by atoms with van der Waals surface area (Å²) in [6.45, 7) is 0.215. The lowest BCUT2D eigenvalue weighted by Crippen LogP contribution is -1.93. The zero-order valence-corrected chi connectivity index (χ0v) is 7.28. The van der Waals surface area contributed by atoms with Gasteiger partial charge in [-0.25, -0.2) is 0 Å². The maximum Gasteiger partial charge on any atom is 0.231 e. The highest BCUT2D eigenvalue weighted by Crippen LogP contribution is 2.32. The summed E-state index contributed by atoms with van der Waals surface area (Å²) < 4.78 is 10.2. The smallest absolute Gasteiger partial charge is 0.231 e. The van der Waals surface area contributed by atoms with Gasteiger partial charge in [-0.15, -0.1) is 0 Å². The van der Waals surface area contributed by atoms with Crippen LogP contribution in [0.3, 0.4) is 0 Å². The van der Waals surface area contributed by atoms with Crippen LogP contribution in [0.2, 0.25) is 0 Å². The lowest BCUT2D eigenvalue weighted by molar-refractivity contribution is 0.174. The average molecular weight is 200 g/mol. The molecule has 0 atom stereocenters. The minimum atomic E-state index is 0.0262. The van der Waals surface area contributed by atoms with Crippen LogP contribution in [0.15, 0.2) is 23.4 Å². The molecule has 68 valence electrons. The lowest BCUT2D eigenvalue weighted by Gasteiger charge is -1.98. The van der Waals surface area contributed by atoms with Crippen LogP contribution in [0, 0.1) is 0 Å².